The average Bonchev–Trinajstić information content (AvgIpc) is 2.28. The van der Waals surface area contributed by atoms with Gasteiger partial charge in [0.25, 0.3) is 0 Å². The minimum atomic E-state index is 0.0281. The Kier molecular flexibility index (Phi) is 3.90. The highest BCUT2D eigenvalue weighted by Gasteiger charge is 2.28. The fraction of sp³-hybridized carbons (Fsp3) is 0.533. The van der Waals surface area contributed by atoms with Crippen molar-refractivity contribution in [3.05, 3.63) is 29.8 Å². The van der Waals surface area contributed by atoms with Crippen molar-refractivity contribution < 1.29 is 4.79 Å². The second-order valence-corrected chi connectivity index (χ2v) is 5.34. The van der Waals surface area contributed by atoms with Crippen molar-refractivity contribution in [1.29, 1.82) is 0 Å². The summed E-state index contributed by atoms with van der Waals surface area (Å²) in [5.41, 5.74) is 2.04. The molecule has 1 aromatic carbocycles. The van der Waals surface area contributed by atoms with E-state index >= 15 is 0 Å². The summed E-state index contributed by atoms with van der Waals surface area (Å²) in [4.78, 5) is 14.3. The summed E-state index contributed by atoms with van der Waals surface area (Å²) in [6.07, 6.45) is 3.42. The highest BCUT2D eigenvalue weighted by Crippen LogP contribution is 2.23. The maximum absolute atomic E-state index is 12.3. The third-order valence-electron chi connectivity index (χ3n) is 3.70. The van der Waals surface area contributed by atoms with Crippen LogP contribution in [-0.4, -0.2) is 23.0 Å². The van der Waals surface area contributed by atoms with E-state index in [1.807, 2.05) is 36.1 Å². The lowest BCUT2D eigenvalue weighted by Gasteiger charge is -2.38. The number of amides is 2. The number of hydrogen-bond donors (Lipinski definition) is 1. The summed E-state index contributed by atoms with van der Waals surface area (Å²) in [6, 6.07) is 8.62. The predicted molar refractivity (Wildman–Crippen MR) is 74.8 cm³/mol. The zero-order chi connectivity index (χ0) is 13.1. The minimum Gasteiger partial charge on any atom is -0.319 e. The molecule has 0 spiro atoms. The first-order chi connectivity index (χ1) is 8.58. The Balaban J connectivity index is 2.07. The van der Waals surface area contributed by atoms with Crippen LogP contribution in [0.2, 0.25) is 0 Å². The van der Waals surface area contributed by atoms with E-state index in [-0.39, 0.29) is 6.03 Å². The number of likely N-dealkylation sites (tertiary alicyclic amines) is 1. The minimum absolute atomic E-state index is 0.0281. The number of rotatable bonds is 1. The van der Waals surface area contributed by atoms with Crippen molar-refractivity contribution in [2.45, 2.75) is 52.1 Å². The highest BCUT2D eigenvalue weighted by molar-refractivity contribution is 5.89. The molecule has 1 N–H and O–H groups in total. The second kappa shape index (κ2) is 5.42. The van der Waals surface area contributed by atoms with Crippen molar-refractivity contribution in [2.75, 3.05) is 5.32 Å². The number of piperidine rings is 1. The van der Waals surface area contributed by atoms with Crippen LogP contribution in [0.4, 0.5) is 10.5 Å². The van der Waals surface area contributed by atoms with Crippen LogP contribution in [0, 0.1) is 6.92 Å². The van der Waals surface area contributed by atoms with Crippen LogP contribution < -0.4 is 5.32 Å². The summed E-state index contributed by atoms with van der Waals surface area (Å²) in [7, 11) is 0. The standard InChI is InChI=1S/C15H22N2O/c1-11-6-4-9-14(10-11)16-15(18)17-12(2)7-5-8-13(17)3/h4,6,9-10,12-13H,5,7-8H2,1-3H3,(H,16,18). The van der Waals surface area contributed by atoms with E-state index in [1.165, 1.54) is 6.42 Å². The Morgan fingerprint density at radius 1 is 1.28 bits per heavy atom. The molecule has 18 heavy (non-hydrogen) atoms. The first kappa shape index (κ1) is 12.9. The molecule has 2 rings (SSSR count). The topological polar surface area (TPSA) is 32.3 Å². The lowest BCUT2D eigenvalue weighted by Crippen LogP contribution is -2.49. The number of benzene rings is 1. The molecule has 1 fully saturated rings. The molecule has 2 amide bonds. The summed E-state index contributed by atoms with van der Waals surface area (Å²) in [6.45, 7) is 6.29. The Labute approximate surface area is 109 Å². The van der Waals surface area contributed by atoms with Gasteiger partial charge in [0, 0.05) is 17.8 Å². The zero-order valence-electron chi connectivity index (χ0n) is 11.4. The number of carbonyl (C=O) groups excluding carboxylic acids is 1. The predicted octanol–water partition coefficient (Wildman–Crippen LogP) is 3.79. The number of hydrogen-bond acceptors (Lipinski definition) is 1. The molecule has 1 heterocycles. The van der Waals surface area contributed by atoms with Gasteiger partial charge in [-0.05, 0) is 57.7 Å². The third-order valence-corrected chi connectivity index (χ3v) is 3.70. The van der Waals surface area contributed by atoms with Crippen molar-refractivity contribution >= 4 is 11.7 Å². The van der Waals surface area contributed by atoms with Crippen LogP contribution in [0.25, 0.3) is 0 Å². The Bertz CT molecular complexity index is 420. The van der Waals surface area contributed by atoms with Crippen LogP contribution in [0.15, 0.2) is 24.3 Å². The van der Waals surface area contributed by atoms with Crippen molar-refractivity contribution in [3.8, 4) is 0 Å². The van der Waals surface area contributed by atoms with Gasteiger partial charge in [0.15, 0.2) is 0 Å². The van der Waals surface area contributed by atoms with Gasteiger partial charge in [-0.3, -0.25) is 0 Å². The number of anilines is 1. The quantitative estimate of drug-likeness (QED) is 0.803. The van der Waals surface area contributed by atoms with E-state index in [1.54, 1.807) is 0 Å². The van der Waals surface area contributed by atoms with E-state index in [0.717, 1.165) is 24.1 Å². The van der Waals surface area contributed by atoms with Gasteiger partial charge in [0.2, 0.25) is 0 Å². The summed E-state index contributed by atoms with van der Waals surface area (Å²) in [5.74, 6) is 0. The lowest BCUT2D eigenvalue weighted by molar-refractivity contribution is 0.133. The molecule has 3 heteroatoms. The van der Waals surface area contributed by atoms with E-state index in [0.29, 0.717) is 12.1 Å². The molecular weight excluding hydrogens is 224 g/mol. The number of nitrogens with zero attached hydrogens (tertiary/aromatic N) is 1. The molecule has 0 aliphatic carbocycles. The normalized spacial score (nSPS) is 23.8. The smallest absolute Gasteiger partial charge is 0.319 e. The van der Waals surface area contributed by atoms with E-state index in [2.05, 4.69) is 19.2 Å². The van der Waals surface area contributed by atoms with Gasteiger partial charge in [-0.25, -0.2) is 4.79 Å². The molecular formula is C15H22N2O. The SMILES string of the molecule is Cc1cccc(NC(=O)N2C(C)CCCC2C)c1. The van der Waals surface area contributed by atoms with Gasteiger partial charge in [-0.2, -0.15) is 0 Å². The average molecular weight is 246 g/mol. The molecule has 0 aromatic heterocycles. The molecule has 0 saturated carbocycles. The maximum Gasteiger partial charge on any atom is 0.322 e. The van der Waals surface area contributed by atoms with Gasteiger partial charge in [-0.1, -0.05) is 12.1 Å². The van der Waals surface area contributed by atoms with Gasteiger partial charge in [0.1, 0.15) is 0 Å². The largest absolute Gasteiger partial charge is 0.322 e. The molecule has 1 aromatic rings. The molecule has 1 aliphatic heterocycles. The van der Waals surface area contributed by atoms with Gasteiger partial charge in [-0.15, -0.1) is 0 Å². The Morgan fingerprint density at radius 2 is 1.94 bits per heavy atom. The molecule has 98 valence electrons. The summed E-state index contributed by atoms with van der Waals surface area (Å²) < 4.78 is 0. The second-order valence-electron chi connectivity index (χ2n) is 5.34. The summed E-state index contributed by atoms with van der Waals surface area (Å²) in [5, 5.41) is 3.00. The van der Waals surface area contributed by atoms with Gasteiger partial charge >= 0.3 is 6.03 Å². The fourth-order valence-corrected chi connectivity index (χ4v) is 2.73. The van der Waals surface area contributed by atoms with E-state index in [9.17, 15) is 4.79 Å². The van der Waals surface area contributed by atoms with Crippen LogP contribution in [-0.2, 0) is 0 Å². The molecule has 0 radical (unpaired) electrons. The molecule has 3 nitrogen and oxygen atoms in total. The number of aryl methyl sites for hydroxylation is 1. The van der Waals surface area contributed by atoms with E-state index < -0.39 is 0 Å². The first-order valence-electron chi connectivity index (χ1n) is 6.74. The van der Waals surface area contributed by atoms with Crippen LogP contribution in [0.3, 0.4) is 0 Å². The van der Waals surface area contributed by atoms with Crippen LogP contribution in [0.1, 0.15) is 38.7 Å². The molecule has 1 saturated heterocycles. The molecule has 2 atom stereocenters. The van der Waals surface area contributed by atoms with Crippen LogP contribution in [0.5, 0.6) is 0 Å². The fourth-order valence-electron chi connectivity index (χ4n) is 2.73. The van der Waals surface area contributed by atoms with Gasteiger partial charge < -0.3 is 10.2 Å². The molecule has 1 aliphatic rings. The van der Waals surface area contributed by atoms with Gasteiger partial charge in [0.05, 0.1) is 0 Å². The van der Waals surface area contributed by atoms with E-state index in [4.69, 9.17) is 0 Å². The summed E-state index contributed by atoms with van der Waals surface area (Å²) >= 11 is 0. The highest BCUT2D eigenvalue weighted by atomic mass is 16.2. The van der Waals surface area contributed by atoms with Crippen molar-refractivity contribution in [1.82, 2.24) is 4.90 Å². The molecule has 2 unspecified atom stereocenters. The number of carbonyl (C=O) groups is 1. The third kappa shape index (κ3) is 2.84. The lowest BCUT2D eigenvalue weighted by atomic mass is 9.98. The van der Waals surface area contributed by atoms with Crippen molar-refractivity contribution in [3.63, 3.8) is 0 Å². The van der Waals surface area contributed by atoms with Crippen molar-refractivity contribution in [2.24, 2.45) is 0 Å². The Hall–Kier alpha value is -1.51. The van der Waals surface area contributed by atoms with Crippen LogP contribution >= 0.6 is 0 Å². The zero-order valence-corrected chi connectivity index (χ0v) is 11.4. The Morgan fingerprint density at radius 3 is 2.56 bits per heavy atom. The number of urea groups is 1. The monoisotopic (exact) mass is 246 g/mol. The first-order valence-corrected chi connectivity index (χ1v) is 6.74. The maximum atomic E-state index is 12.3. The number of nitrogens with one attached hydrogen (secondary N) is 1. The molecule has 0 bridgehead atoms.